The van der Waals surface area contributed by atoms with Crippen LogP contribution in [0.4, 0.5) is 0 Å². The highest BCUT2D eigenvalue weighted by Gasteiger charge is 2.11. The Balaban J connectivity index is 1.59. The van der Waals surface area contributed by atoms with Gasteiger partial charge in [0, 0.05) is 32.4 Å². The molecule has 1 saturated heterocycles. The van der Waals surface area contributed by atoms with Gasteiger partial charge in [0.05, 0.1) is 0 Å². The smallest absolute Gasteiger partial charge is 0.109 e. The van der Waals surface area contributed by atoms with Crippen molar-refractivity contribution in [1.82, 2.24) is 20.2 Å². The van der Waals surface area contributed by atoms with E-state index in [0.717, 1.165) is 31.3 Å². The molecule has 90 valence electrons. The van der Waals surface area contributed by atoms with Crippen LogP contribution in [-0.2, 0) is 13.5 Å². The summed E-state index contributed by atoms with van der Waals surface area (Å²) >= 11 is 0. The number of nitrogens with one attached hydrogen (secondary N) is 2. The Morgan fingerprint density at radius 2 is 2.31 bits per heavy atom. The zero-order valence-electron chi connectivity index (χ0n) is 10.1. The molecule has 0 spiro atoms. The van der Waals surface area contributed by atoms with Gasteiger partial charge in [0.15, 0.2) is 0 Å². The van der Waals surface area contributed by atoms with Gasteiger partial charge >= 0.3 is 0 Å². The Kier molecular flexibility index (Phi) is 4.36. The molecular formula is C12H22N4. The van der Waals surface area contributed by atoms with Crippen LogP contribution in [-0.4, -0.2) is 35.7 Å². The van der Waals surface area contributed by atoms with Gasteiger partial charge in [-0.15, -0.1) is 0 Å². The third kappa shape index (κ3) is 3.32. The van der Waals surface area contributed by atoms with Crippen LogP contribution < -0.4 is 10.6 Å². The summed E-state index contributed by atoms with van der Waals surface area (Å²) in [7, 11) is 2.05. The molecule has 2 heterocycles. The maximum atomic E-state index is 4.31. The van der Waals surface area contributed by atoms with Crippen molar-refractivity contribution in [2.24, 2.45) is 13.0 Å². The van der Waals surface area contributed by atoms with Crippen molar-refractivity contribution in [3.05, 3.63) is 18.2 Å². The van der Waals surface area contributed by atoms with Crippen LogP contribution in [0.3, 0.4) is 0 Å². The highest BCUT2D eigenvalue weighted by molar-refractivity contribution is 4.91. The van der Waals surface area contributed by atoms with Crippen molar-refractivity contribution in [1.29, 1.82) is 0 Å². The number of aromatic nitrogens is 2. The lowest BCUT2D eigenvalue weighted by Gasteiger charge is -2.22. The summed E-state index contributed by atoms with van der Waals surface area (Å²) in [6.07, 6.45) is 7.52. The zero-order valence-corrected chi connectivity index (χ0v) is 10.1. The molecule has 1 aliphatic rings. The second-order valence-electron chi connectivity index (χ2n) is 4.60. The molecule has 16 heavy (non-hydrogen) atoms. The molecule has 0 amide bonds. The number of hydrogen-bond acceptors (Lipinski definition) is 3. The minimum Gasteiger partial charge on any atom is -0.338 e. The average Bonchev–Trinajstić information content (AvgIpc) is 2.72. The fourth-order valence-electron chi connectivity index (χ4n) is 2.23. The summed E-state index contributed by atoms with van der Waals surface area (Å²) in [6.45, 7) is 4.57. The van der Waals surface area contributed by atoms with E-state index in [1.165, 1.54) is 25.9 Å². The monoisotopic (exact) mass is 222 g/mol. The molecule has 2 N–H and O–H groups in total. The van der Waals surface area contributed by atoms with Crippen LogP contribution in [0.15, 0.2) is 12.4 Å². The van der Waals surface area contributed by atoms with Crippen molar-refractivity contribution in [3.63, 3.8) is 0 Å². The van der Waals surface area contributed by atoms with E-state index in [9.17, 15) is 0 Å². The van der Waals surface area contributed by atoms with E-state index in [-0.39, 0.29) is 0 Å². The van der Waals surface area contributed by atoms with Gasteiger partial charge in [0.1, 0.15) is 5.82 Å². The molecule has 0 atom stereocenters. The summed E-state index contributed by atoms with van der Waals surface area (Å²) in [5, 5.41) is 6.93. The maximum absolute atomic E-state index is 4.31. The molecule has 1 aliphatic heterocycles. The van der Waals surface area contributed by atoms with Crippen LogP contribution in [0, 0.1) is 5.92 Å². The minimum atomic E-state index is 0.864. The van der Waals surface area contributed by atoms with Crippen LogP contribution in [0.25, 0.3) is 0 Å². The van der Waals surface area contributed by atoms with Crippen LogP contribution in [0.2, 0.25) is 0 Å². The van der Waals surface area contributed by atoms with E-state index < -0.39 is 0 Å². The Bertz CT molecular complexity index is 302. The molecular weight excluding hydrogens is 200 g/mol. The SMILES string of the molecule is Cn1ccnc1CCNCC1CCNCC1. The molecule has 0 aliphatic carbocycles. The summed E-state index contributed by atoms with van der Waals surface area (Å²) < 4.78 is 2.09. The fourth-order valence-corrected chi connectivity index (χ4v) is 2.23. The first kappa shape index (κ1) is 11.6. The van der Waals surface area contributed by atoms with E-state index >= 15 is 0 Å². The third-order valence-corrected chi connectivity index (χ3v) is 3.34. The number of imidazole rings is 1. The van der Waals surface area contributed by atoms with Gasteiger partial charge in [-0.25, -0.2) is 4.98 Å². The summed E-state index contributed by atoms with van der Waals surface area (Å²) in [6, 6.07) is 0. The van der Waals surface area contributed by atoms with Gasteiger partial charge in [0.25, 0.3) is 0 Å². The lowest BCUT2D eigenvalue weighted by molar-refractivity contribution is 0.357. The van der Waals surface area contributed by atoms with Crippen LogP contribution in [0.5, 0.6) is 0 Å². The van der Waals surface area contributed by atoms with E-state index in [2.05, 4.69) is 27.2 Å². The largest absolute Gasteiger partial charge is 0.338 e. The maximum Gasteiger partial charge on any atom is 0.109 e. The Morgan fingerprint density at radius 1 is 1.50 bits per heavy atom. The number of nitrogens with zero attached hydrogens (tertiary/aromatic N) is 2. The molecule has 0 radical (unpaired) electrons. The predicted molar refractivity (Wildman–Crippen MR) is 65.4 cm³/mol. The molecule has 4 nitrogen and oxygen atoms in total. The topological polar surface area (TPSA) is 41.9 Å². The number of hydrogen-bond donors (Lipinski definition) is 2. The first-order valence-electron chi connectivity index (χ1n) is 6.24. The Hall–Kier alpha value is -0.870. The van der Waals surface area contributed by atoms with Crippen molar-refractivity contribution in [2.75, 3.05) is 26.2 Å². The molecule has 1 aromatic rings. The number of aryl methyl sites for hydroxylation is 1. The zero-order chi connectivity index (χ0) is 11.2. The molecule has 1 fully saturated rings. The van der Waals surface area contributed by atoms with Gasteiger partial charge in [-0.1, -0.05) is 0 Å². The van der Waals surface area contributed by atoms with Crippen molar-refractivity contribution < 1.29 is 0 Å². The van der Waals surface area contributed by atoms with Crippen molar-refractivity contribution >= 4 is 0 Å². The van der Waals surface area contributed by atoms with Crippen molar-refractivity contribution in [2.45, 2.75) is 19.3 Å². The molecule has 1 aromatic heterocycles. The minimum absolute atomic E-state index is 0.864. The first-order valence-corrected chi connectivity index (χ1v) is 6.24. The van der Waals surface area contributed by atoms with E-state index in [1.54, 1.807) is 0 Å². The van der Waals surface area contributed by atoms with Crippen molar-refractivity contribution in [3.8, 4) is 0 Å². The first-order chi connectivity index (χ1) is 7.86. The molecule has 2 rings (SSSR count). The molecule has 0 unspecified atom stereocenters. The summed E-state index contributed by atoms with van der Waals surface area (Å²) in [5.74, 6) is 2.03. The highest BCUT2D eigenvalue weighted by Crippen LogP contribution is 2.09. The third-order valence-electron chi connectivity index (χ3n) is 3.34. The predicted octanol–water partition coefficient (Wildman–Crippen LogP) is 0.552. The van der Waals surface area contributed by atoms with Crippen LogP contribution in [0.1, 0.15) is 18.7 Å². The van der Waals surface area contributed by atoms with Gasteiger partial charge in [-0.3, -0.25) is 0 Å². The van der Waals surface area contributed by atoms with E-state index in [4.69, 9.17) is 0 Å². The molecule has 4 heteroatoms. The lowest BCUT2D eigenvalue weighted by Crippen LogP contribution is -2.34. The van der Waals surface area contributed by atoms with Crippen LogP contribution >= 0.6 is 0 Å². The molecule has 0 aromatic carbocycles. The normalized spacial score (nSPS) is 17.8. The fraction of sp³-hybridized carbons (Fsp3) is 0.750. The van der Waals surface area contributed by atoms with Gasteiger partial charge in [-0.05, 0) is 38.4 Å². The number of piperidine rings is 1. The average molecular weight is 222 g/mol. The second-order valence-corrected chi connectivity index (χ2v) is 4.60. The lowest BCUT2D eigenvalue weighted by atomic mass is 9.98. The summed E-state index contributed by atoms with van der Waals surface area (Å²) in [5.41, 5.74) is 0. The van der Waals surface area contributed by atoms with Gasteiger partial charge in [-0.2, -0.15) is 0 Å². The second kappa shape index (κ2) is 6.01. The highest BCUT2D eigenvalue weighted by atomic mass is 15.0. The van der Waals surface area contributed by atoms with Gasteiger partial charge < -0.3 is 15.2 Å². The standard InChI is InChI=1S/C12H22N4/c1-16-9-8-15-12(16)4-7-14-10-11-2-5-13-6-3-11/h8-9,11,13-14H,2-7,10H2,1H3. The molecule has 0 bridgehead atoms. The molecule has 0 saturated carbocycles. The quantitative estimate of drug-likeness (QED) is 0.715. The Morgan fingerprint density at radius 3 is 3.00 bits per heavy atom. The number of rotatable bonds is 5. The summed E-state index contributed by atoms with van der Waals surface area (Å²) in [4.78, 5) is 4.31. The van der Waals surface area contributed by atoms with Gasteiger partial charge in [0.2, 0.25) is 0 Å². The Labute approximate surface area is 97.4 Å². The van der Waals surface area contributed by atoms with E-state index in [1.807, 2.05) is 12.4 Å². The van der Waals surface area contributed by atoms with E-state index in [0.29, 0.717) is 0 Å².